The summed E-state index contributed by atoms with van der Waals surface area (Å²) in [6.07, 6.45) is 0. The van der Waals surface area contributed by atoms with Gasteiger partial charge in [0.25, 0.3) is 0 Å². The molecule has 0 radical (unpaired) electrons. The Hall–Kier alpha value is -1.38. The molecule has 0 bridgehead atoms. The van der Waals surface area contributed by atoms with Gasteiger partial charge in [0.05, 0.1) is 6.61 Å². The summed E-state index contributed by atoms with van der Waals surface area (Å²) in [5.74, 6) is 0.172. The van der Waals surface area contributed by atoms with Crippen molar-refractivity contribution < 1.29 is 5.11 Å². The lowest BCUT2D eigenvalue weighted by atomic mass is 9.96. The number of aliphatic hydroxyl groups is 1. The third kappa shape index (κ3) is 2.65. The van der Waals surface area contributed by atoms with Gasteiger partial charge in [-0.1, -0.05) is 42.0 Å². The van der Waals surface area contributed by atoms with Gasteiger partial charge >= 0.3 is 0 Å². The molecule has 0 spiro atoms. The maximum absolute atomic E-state index is 9.39. The van der Waals surface area contributed by atoms with Crippen molar-refractivity contribution in [1.82, 2.24) is 5.32 Å². The highest BCUT2D eigenvalue weighted by Crippen LogP contribution is 2.22. The average molecular weight is 229 g/mol. The number of benzene rings is 2. The summed E-state index contributed by atoms with van der Waals surface area (Å²) >= 11 is 0. The van der Waals surface area contributed by atoms with Crippen LogP contribution in [-0.2, 0) is 0 Å². The average Bonchev–Trinajstić information content (AvgIpc) is 2.35. The van der Waals surface area contributed by atoms with Crippen molar-refractivity contribution in [3.8, 4) is 0 Å². The molecule has 2 aromatic rings. The zero-order valence-electron chi connectivity index (χ0n) is 10.4. The second kappa shape index (κ2) is 5.30. The Balaban J connectivity index is 2.40. The molecule has 0 amide bonds. The number of rotatable bonds is 4. The summed E-state index contributed by atoms with van der Waals surface area (Å²) in [6.45, 7) is 3.08. The van der Waals surface area contributed by atoms with Crippen LogP contribution < -0.4 is 5.32 Å². The molecule has 0 aliphatic carbocycles. The summed E-state index contributed by atoms with van der Waals surface area (Å²) in [5.41, 5.74) is 2.47. The van der Waals surface area contributed by atoms with Crippen LogP contribution in [-0.4, -0.2) is 25.3 Å². The fourth-order valence-electron chi connectivity index (χ4n) is 2.17. The number of hydrogen-bond acceptors (Lipinski definition) is 2. The predicted molar refractivity (Wildman–Crippen MR) is 72.4 cm³/mol. The minimum absolute atomic E-state index is 0.172. The van der Waals surface area contributed by atoms with Crippen LogP contribution in [0.3, 0.4) is 0 Å². The van der Waals surface area contributed by atoms with Crippen molar-refractivity contribution in [2.75, 3.05) is 20.2 Å². The zero-order valence-corrected chi connectivity index (χ0v) is 10.4. The summed E-state index contributed by atoms with van der Waals surface area (Å²) < 4.78 is 0. The lowest BCUT2D eigenvalue weighted by Crippen LogP contribution is -2.19. The minimum atomic E-state index is 0.172. The van der Waals surface area contributed by atoms with Gasteiger partial charge in [-0.25, -0.2) is 0 Å². The van der Waals surface area contributed by atoms with Crippen LogP contribution in [0.25, 0.3) is 10.8 Å². The summed E-state index contributed by atoms with van der Waals surface area (Å²) in [7, 11) is 1.91. The molecule has 0 aliphatic heterocycles. The zero-order chi connectivity index (χ0) is 12.3. The number of hydrogen-bond donors (Lipinski definition) is 2. The number of aryl methyl sites for hydroxylation is 1. The van der Waals surface area contributed by atoms with E-state index in [-0.39, 0.29) is 12.5 Å². The third-order valence-corrected chi connectivity index (χ3v) is 3.16. The fourth-order valence-corrected chi connectivity index (χ4v) is 2.17. The smallest absolute Gasteiger partial charge is 0.0511 e. The summed E-state index contributed by atoms with van der Waals surface area (Å²) in [4.78, 5) is 0. The standard InChI is InChI=1S/C15H19NO/c1-11-3-4-13-8-14(6-5-12(13)7-11)15(10-17)9-16-2/h3-8,15-17H,9-10H2,1-2H3. The van der Waals surface area contributed by atoms with E-state index >= 15 is 0 Å². The fraction of sp³-hybridized carbons (Fsp3) is 0.333. The maximum atomic E-state index is 9.39. The van der Waals surface area contributed by atoms with Crippen LogP contribution in [0.2, 0.25) is 0 Å². The van der Waals surface area contributed by atoms with E-state index in [1.165, 1.54) is 21.9 Å². The molecule has 90 valence electrons. The van der Waals surface area contributed by atoms with E-state index in [2.05, 4.69) is 48.6 Å². The molecular formula is C15H19NO. The molecule has 2 heteroatoms. The first-order valence-electron chi connectivity index (χ1n) is 6.00. The van der Waals surface area contributed by atoms with Gasteiger partial charge in [-0.05, 0) is 30.3 Å². The number of fused-ring (bicyclic) bond motifs is 1. The van der Waals surface area contributed by atoms with Crippen LogP contribution in [0.1, 0.15) is 17.0 Å². The molecule has 1 unspecified atom stereocenters. The monoisotopic (exact) mass is 229 g/mol. The lowest BCUT2D eigenvalue weighted by Gasteiger charge is -2.14. The second-order valence-electron chi connectivity index (χ2n) is 4.55. The van der Waals surface area contributed by atoms with E-state index in [1.807, 2.05) is 7.05 Å². The molecule has 0 aromatic heterocycles. The van der Waals surface area contributed by atoms with Crippen molar-refractivity contribution in [2.24, 2.45) is 0 Å². The molecule has 2 rings (SSSR count). The predicted octanol–water partition coefficient (Wildman–Crippen LogP) is 2.44. The highest BCUT2D eigenvalue weighted by atomic mass is 16.3. The maximum Gasteiger partial charge on any atom is 0.0511 e. The van der Waals surface area contributed by atoms with Crippen molar-refractivity contribution in [1.29, 1.82) is 0 Å². The van der Waals surface area contributed by atoms with Crippen LogP contribution in [0.5, 0.6) is 0 Å². The van der Waals surface area contributed by atoms with Crippen molar-refractivity contribution in [2.45, 2.75) is 12.8 Å². The van der Waals surface area contributed by atoms with E-state index in [4.69, 9.17) is 0 Å². The van der Waals surface area contributed by atoms with Gasteiger partial charge < -0.3 is 10.4 Å². The first kappa shape index (κ1) is 12.1. The van der Waals surface area contributed by atoms with Gasteiger partial charge in [0, 0.05) is 12.5 Å². The first-order chi connectivity index (χ1) is 8.24. The lowest BCUT2D eigenvalue weighted by molar-refractivity contribution is 0.263. The molecule has 0 saturated heterocycles. The molecule has 0 saturated carbocycles. The van der Waals surface area contributed by atoms with Crippen LogP contribution in [0.15, 0.2) is 36.4 Å². The van der Waals surface area contributed by atoms with Crippen LogP contribution >= 0.6 is 0 Å². The topological polar surface area (TPSA) is 32.3 Å². The second-order valence-corrected chi connectivity index (χ2v) is 4.55. The van der Waals surface area contributed by atoms with Gasteiger partial charge in [-0.2, -0.15) is 0 Å². The molecule has 2 nitrogen and oxygen atoms in total. The molecule has 2 aromatic carbocycles. The van der Waals surface area contributed by atoms with E-state index in [1.54, 1.807) is 0 Å². The van der Waals surface area contributed by atoms with Gasteiger partial charge in [0.1, 0.15) is 0 Å². The first-order valence-corrected chi connectivity index (χ1v) is 6.00. The molecule has 0 fully saturated rings. The molecular weight excluding hydrogens is 210 g/mol. The SMILES string of the molecule is CNCC(CO)c1ccc2cc(C)ccc2c1. The molecule has 2 N–H and O–H groups in total. The Bertz CT molecular complexity index is 507. The molecule has 0 heterocycles. The normalized spacial score (nSPS) is 12.9. The Kier molecular flexibility index (Phi) is 3.77. The van der Waals surface area contributed by atoms with Crippen molar-refractivity contribution >= 4 is 10.8 Å². The van der Waals surface area contributed by atoms with Gasteiger partial charge in [-0.3, -0.25) is 0 Å². The number of nitrogens with one attached hydrogen (secondary N) is 1. The van der Waals surface area contributed by atoms with E-state index < -0.39 is 0 Å². The molecule has 17 heavy (non-hydrogen) atoms. The largest absolute Gasteiger partial charge is 0.396 e. The number of aliphatic hydroxyl groups excluding tert-OH is 1. The van der Waals surface area contributed by atoms with Gasteiger partial charge in [0.15, 0.2) is 0 Å². The number of likely N-dealkylation sites (N-methyl/N-ethyl adjacent to an activating group) is 1. The highest BCUT2D eigenvalue weighted by molar-refractivity contribution is 5.83. The minimum Gasteiger partial charge on any atom is -0.396 e. The van der Waals surface area contributed by atoms with Crippen LogP contribution in [0, 0.1) is 6.92 Å². The van der Waals surface area contributed by atoms with Crippen molar-refractivity contribution in [3.63, 3.8) is 0 Å². The van der Waals surface area contributed by atoms with Gasteiger partial charge in [-0.15, -0.1) is 0 Å². The Morgan fingerprint density at radius 2 is 1.82 bits per heavy atom. The van der Waals surface area contributed by atoms with Gasteiger partial charge in [0.2, 0.25) is 0 Å². The quantitative estimate of drug-likeness (QED) is 0.844. The Morgan fingerprint density at radius 1 is 1.12 bits per heavy atom. The third-order valence-electron chi connectivity index (χ3n) is 3.16. The molecule has 0 aliphatic rings. The Morgan fingerprint density at radius 3 is 2.53 bits per heavy atom. The van der Waals surface area contributed by atoms with E-state index in [0.717, 1.165) is 6.54 Å². The van der Waals surface area contributed by atoms with E-state index in [9.17, 15) is 5.11 Å². The summed E-state index contributed by atoms with van der Waals surface area (Å²) in [6, 6.07) is 12.9. The van der Waals surface area contributed by atoms with Crippen LogP contribution in [0.4, 0.5) is 0 Å². The van der Waals surface area contributed by atoms with Crippen molar-refractivity contribution in [3.05, 3.63) is 47.5 Å². The Labute approximate surface area is 102 Å². The van der Waals surface area contributed by atoms with E-state index in [0.29, 0.717) is 0 Å². The molecule has 1 atom stereocenters. The summed E-state index contributed by atoms with van der Waals surface area (Å²) in [5, 5.41) is 15.0. The highest BCUT2D eigenvalue weighted by Gasteiger charge is 2.09.